The molecule has 4 aromatic rings. The lowest BCUT2D eigenvalue weighted by Crippen LogP contribution is -2.36. The molecule has 0 spiro atoms. The smallest absolute Gasteiger partial charge is 0.316 e. The lowest BCUT2D eigenvalue weighted by atomic mass is 9.77. The number of hydrogen-bond acceptors (Lipinski definition) is 5. The van der Waals surface area contributed by atoms with Gasteiger partial charge in [0, 0.05) is 16.5 Å². The van der Waals surface area contributed by atoms with Gasteiger partial charge in [0.1, 0.15) is 11.5 Å². The van der Waals surface area contributed by atoms with Gasteiger partial charge >= 0.3 is 5.97 Å². The van der Waals surface area contributed by atoms with Gasteiger partial charge in [-0.05, 0) is 68.7 Å². The summed E-state index contributed by atoms with van der Waals surface area (Å²) in [4.78, 5) is 17.5. The predicted octanol–water partition coefficient (Wildman–Crippen LogP) is 7.10. The van der Waals surface area contributed by atoms with Gasteiger partial charge in [0.15, 0.2) is 0 Å². The Morgan fingerprint density at radius 3 is 2.47 bits per heavy atom. The number of oxazole rings is 1. The highest BCUT2D eigenvalue weighted by Gasteiger charge is 2.36. The van der Waals surface area contributed by atoms with Gasteiger partial charge in [0.2, 0.25) is 5.89 Å². The molecule has 0 saturated carbocycles. The number of aromatic nitrogens is 1. The fourth-order valence-electron chi connectivity index (χ4n) is 4.17. The summed E-state index contributed by atoms with van der Waals surface area (Å²) < 4.78 is 18.2. The van der Waals surface area contributed by atoms with Gasteiger partial charge in [-0.1, -0.05) is 64.5 Å². The summed E-state index contributed by atoms with van der Waals surface area (Å²) in [7, 11) is 0. The van der Waals surface area contributed by atoms with E-state index in [0.29, 0.717) is 31.9 Å². The van der Waals surface area contributed by atoms with Crippen molar-refractivity contribution in [1.82, 2.24) is 4.98 Å². The third kappa shape index (κ3) is 6.05. The first-order valence-corrected chi connectivity index (χ1v) is 12.8. The van der Waals surface area contributed by atoms with Crippen LogP contribution in [0, 0.1) is 6.92 Å². The Morgan fingerprint density at radius 2 is 1.78 bits per heavy atom. The Morgan fingerprint density at radius 1 is 1.03 bits per heavy atom. The third-order valence-electron chi connectivity index (χ3n) is 6.19. The SMILES string of the molecule is CCOC(=O)C(C)(Cc1ccc(OCCc2nc(-c3cccc(Br)c3)oc2C)cc1)c1ccccc1. The Hall–Kier alpha value is -3.38. The second-order valence-corrected chi connectivity index (χ2v) is 9.79. The van der Waals surface area contributed by atoms with Crippen molar-refractivity contribution in [1.29, 1.82) is 0 Å². The van der Waals surface area contributed by atoms with E-state index in [1.807, 2.05) is 99.6 Å². The molecule has 0 aliphatic carbocycles. The van der Waals surface area contributed by atoms with Crippen molar-refractivity contribution in [3.63, 3.8) is 0 Å². The first kappa shape index (κ1) is 25.7. The Balaban J connectivity index is 1.38. The van der Waals surface area contributed by atoms with Crippen LogP contribution >= 0.6 is 15.9 Å². The van der Waals surface area contributed by atoms with Gasteiger partial charge in [0.05, 0.1) is 24.3 Å². The molecule has 0 fully saturated rings. The summed E-state index contributed by atoms with van der Waals surface area (Å²) in [5.74, 6) is 1.95. The van der Waals surface area contributed by atoms with E-state index in [2.05, 4.69) is 20.9 Å². The highest BCUT2D eigenvalue weighted by atomic mass is 79.9. The molecule has 4 rings (SSSR count). The number of nitrogens with zero attached hydrogens (tertiary/aromatic N) is 1. The van der Waals surface area contributed by atoms with Crippen LogP contribution in [-0.2, 0) is 27.8 Å². The minimum Gasteiger partial charge on any atom is -0.493 e. The maximum absolute atomic E-state index is 12.9. The Bertz CT molecular complexity index is 1300. The first-order valence-electron chi connectivity index (χ1n) is 12.1. The van der Waals surface area contributed by atoms with Crippen LogP contribution in [0.5, 0.6) is 5.75 Å². The zero-order valence-corrected chi connectivity index (χ0v) is 22.4. The molecule has 0 amide bonds. The Labute approximate surface area is 220 Å². The molecular weight excluding hydrogens is 518 g/mol. The van der Waals surface area contributed by atoms with E-state index in [1.54, 1.807) is 0 Å². The molecule has 0 aliphatic rings. The summed E-state index contributed by atoms with van der Waals surface area (Å²) >= 11 is 3.49. The van der Waals surface area contributed by atoms with E-state index in [9.17, 15) is 4.79 Å². The highest BCUT2D eigenvalue weighted by molar-refractivity contribution is 9.10. The second kappa shape index (κ2) is 11.6. The van der Waals surface area contributed by atoms with Crippen LogP contribution in [0.1, 0.15) is 36.4 Å². The monoisotopic (exact) mass is 547 g/mol. The maximum Gasteiger partial charge on any atom is 0.316 e. The number of esters is 1. The van der Waals surface area contributed by atoms with Gasteiger partial charge < -0.3 is 13.9 Å². The van der Waals surface area contributed by atoms with Gasteiger partial charge in [0.25, 0.3) is 0 Å². The average Bonchev–Trinajstić information content (AvgIpc) is 3.26. The van der Waals surface area contributed by atoms with Crippen LogP contribution in [0.15, 0.2) is 87.8 Å². The molecular formula is C30H30BrNO4. The van der Waals surface area contributed by atoms with Crippen molar-refractivity contribution in [3.8, 4) is 17.2 Å². The van der Waals surface area contributed by atoms with Crippen LogP contribution in [0.25, 0.3) is 11.5 Å². The number of hydrogen-bond donors (Lipinski definition) is 0. The lowest BCUT2D eigenvalue weighted by Gasteiger charge is -2.28. The molecule has 186 valence electrons. The molecule has 1 unspecified atom stereocenters. The number of carbonyl (C=O) groups is 1. The molecule has 0 bridgehead atoms. The van der Waals surface area contributed by atoms with Crippen LogP contribution in [0.3, 0.4) is 0 Å². The summed E-state index contributed by atoms with van der Waals surface area (Å²) in [6.45, 7) is 6.52. The van der Waals surface area contributed by atoms with Crippen molar-refractivity contribution < 1.29 is 18.7 Å². The minimum absolute atomic E-state index is 0.221. The van der Waals surface area contributed by atoms with E-state index in [1.165, 1.54) is 0 Å². The number of aryl methyl sites for hydroxylation is 1. The van der Waals surface area contributed by atoms with Crippen molar-refractivity contribution in [2.75, 3.05) is 13.2 Å². The number of carbonyl (C=O) groups excluding carboxylic acids is 1. The topological polar surface area (TPSA) is 61.6 Å². The molecule has 0 radical (unpaired) electrons. The molecule has 1 heterocycles. The zero-order valence-electron chi connectivity index (χ0n) is 20.8. The van der Waals surface area contributed by atoms with Gasteiger partial charge in [-0.2, -0.15) is 0 Å². The van der Waals surface area contributed by atoms with Crippen LogP contribution < -0.4 is 4.74 Å². The molecule has 3 aromatic carbocycles. The fourth-order valence-corrected chi connectivity index (χ4v) is 4.57. The number of rotatable bonds is 10. The van der Waals surface area contributed by atoms with E-state index >= 15 is 0 Å². The van der Waals surface area contributed by atoms with E-state index in [0.717, 1.165) is 38.4 Å². The summed E-state index contributed by atoms with van der Waals surface area (Å²) in [6, 6.07) is 25.6. The first-order chi connectivity index (χ1) is 17.4. The largest absolute Gasteiger partial charge is 0.493 e. The maximum atomic E-state index is 12.9. The van der Waals surface area contributed by atoms with Gasteiger partial charge in [-0.15, -0.1) is 0 Å². The molecule has 0 aliphatic heterocycles. The molecule has 36 heavy (non-hydrogen) atoms. The number of benzene rings is 3. The standard InChI is InChI=1S/C30H30BrNO4/c1-4-34-29(33)30(3,24-10-6-5-7-11-24)20-22-13-15-26(16-14-22)35-18-17-27-21(2)36-28(32-27)23-9-8-12-25(31)19-23/h5-16,19H,4,17-18,20H2,1-3H3. The molecule has 1 aromatic heterocycles. The summed E-state index contributed by atoms with van der Waals surface area (Å²) in [5.41, 5.74) is 3.02. The van der Waals surface area contributed by atoms with Gasteiger partial charge in [-0.25, -0.2) is 4.98 Å². The van der Waals surface area contributed by atoms with Crippen molar-refractivity contribution >= 4 is 21.9 Å². The minimum atomic E-state index is -0.768. The van der Waals surface area contributed by atoms with E-state index in [4.69, 9.17) is 13.9 Å². The molecule has 6 heteroatoms. The second-order valence-electron chi connectivity index (χ2n) is 8.87. The summed E-state index contributed by atoms with van der Waals surface area (Å²) in [6.07, 6.45) is 1.17. The highest BCUT2D eigenvalue weighted by Crippen LogP contribution is 2.31. The zero-order chi connectivity index (χ0) is 25.5. The van der Waals surface area contributed by atoms with E-state index in [-0.39, 0.29) is 5.97 Å². The van der Waals surface area contributed by atoms with E-state index < -0.39 is 5.41 Å². The number of halogens is 1. The normalized spacial score (nSPS) is 12.7. The third-order valence-corrected chi connectivity index (χ3v) is 6.68. The lowest BCUT2D eigenvalue weighted by molar-refractivity contribution is -0.149. The molecule has 1 atom stereocenters. The average molecular weight is 548 g/mol. The van der Waals surface area contributed by atoms with Crippen molar-refractivity contribution in [2.24, 2.45) is 0 Å². The quantitative estimate of drug-likeness (QED) is 0.198. The van der Waals surface area contributed by atoms with Gasteiger partial charge in [-0.3, -0.25) is 4.79 Å². The van der Waals surface area contributed by atoms with Crippen LogP contribution in [0.2, 0.25) is 0 Å². The predicted molar refractivity (Wildman–Crippen MR) is 144 cm³/mol. The molecule has 0 saturated heterocycles. The van der Waals surface area contributed by atoms with Crippen molar-refractivity contribution in [3.05, 3.63) is 106 Å². The Kier molecular flexibility index (Phi) is 8.26. The van der Waals surface area contributed by atoms with Crippen molar-refractivity contribution in [2.45, 2.75) is 39.0 Å². The fraction of sp³-hybridized carbons (Fsp3) is 0.267. The summed E-state index contributed by atoms with van der Waals surface area (Å²) in [5, 5.41) is 0. The van der Waals surface area contributed by atoms with Crippen LogP contribution in [-0.4, -0.2) is 24.2 Å². The number of ether oxygens (including phenoxy) is 2. The van der Waals surface area contributed by atoms with Crippen LogP contribution in [0.4, 0.5) is 0 Å². The molecule has 5 nitrogen and oxygen atoms in total. The molecule has 0 N–H and O–H groups in total.